The Bertz CT molecular complexity index is 307. The van der Waals surface area contributed by atoms with Gasteiger partial charge < -0.3 is 4.74 Å². The van der Waals surface area contributed by atoms with Crippen molar-refractivity contribution in [2.24, 2.45) is 0 Å². The maximum absolute atomic E-state index is 13.2. The summed E-state index contributed by atoms with van der Waals surface area (Å²) in [5.74, 6) is 0.247. The van der Waals surface area contributed by atoms with Crippen molar-refractivity contribution >= 4 is 0 Å². The summed E-state index contributed by atoms with van der Waals surface area (Å²) >= 11 is 0. The molecule has 64 valence electrons. The third kappa shape index (κ3) is 1.17. The third-order valence-corrected chi connectivity index (χ3v) is 2.10. The normalized spacial score (nSPS) is 15.2. The predicted octanol–water partition coefficient (Wildman–Crippen LogP) is 2.46. The molecule has 1 aliphatic heterocycles. The standard InChI is InChI=1S/C10H11FO/c1-7-5-8-3-2-4-12-10(8)9(11)6-7/h5-6H,2-4H2,1H3. The van der Waals surface area contributed by atoms with Gasteiger partial charge in [-0.1, -0.05) is 6.07 Å². The zero-order valence-corrected chi connectivity index (χ0v) is 7.06. The highest BCUT2D eigenvalue weighted by Gasteiger charge is 2.14. The number of rotatable bonds is 0. The van der Waals surface area contributed by atoms with Crippen LogP contribution in [0.5, 0.6) is 5.75 Å². The average Bonchev–Trinajstić information content (AvgIpc) is 2.04. The van der Waals surface area contributed by atoms with Gasteiger partial charge in [0.25, 0.3) is 0 Å². The van der Waals surface area contributed by atoms with Gasteiger partial charge in [0.15, 0.2) is 11.6 Å². The number of ether oxygens (including phenoxy) is 1. The molecule has 0 N–H and O–H groups in total. The predicted molar refractivity (Wildman–Crippen MR) is 45.0 cm³/mol. The monoisotopic (exact) mass is 166 g/mol. The fourth-order valence-electron chi connectivity index (χ4n) is 1.59. The Labute approximate surface area is 71.2 Å². The van der Waals surface area contributed by atoms with Crippen LogP contribution in [0.15, 0.2) is 12.1 Å². The van der Waals surface area contributed by atoms with Gasteiger partial charge in [0.2, 0.25) is 0 Å². The van der Waals surface area contributed by atoms with Crippen LogP contribution < -0.4 is 4.74 Å². The Balaban J connectivity index is 2.53. The lowest BCUT2D eigenvalue weighted by atomic mass is 10.0. The van der Waals surface area contributed by atoms with Crippen LogP contribution in [-0.4, -0.2) is 6.61 Å². The molecule has 0 radical (unpaired) electrons. The van der Waals surface area contributed by atoms with Crippen molar-refractivity contribution in [3.05, 3.63) is 29.1 Å². The highest BCUT2D eigenvalue weighted by Crippen LogP contribution is 2.28. The van der Waals surface area contributed by atoms with E-state index in [1.165, 1.54) is 6.07 Å². The van der Waals surface area contributed by atoms with E-state index in [-0.39, 0.29) is 5.82 Å². The van der Waals surface area contributed by atoms with Crippen LogP contribution in [0, 0.1) is 12.7 Å². The van der Waals surface area contributed by atoms with E-state index in [1.807, 2.05) is 13.0 Å². The van der Waals surface area contributed by atoms with Crippen molar-refractivity contribution in [1.29, 1.82) is 0 Å². The van der Waals surface area contributed by atoms with E-state index >= 15 is 0 Å². The summed E-state index contributed by atoms with van der Waals surface area (Å²) in [6, 6.07) is 3.52. The quantitative estimate of drug-likeness (QED) is 0.575. The van der Waals surface area contributed by atoms with Gasteiger partial charge in [-0.15, -0.1) is 0 Å². The minimum Gasteiger partial charge on any atom is -0.490 e. The highest BCUT2D eigenvalue weighted by molar-refractivity contribution is 5.39. The Morgan fingerprint density at radius 1 is 1.42 bits per heavy atom. The smallest absolute Gasteiger partial charge is 0.165 e. The first-order chi connectivity index (χ1) is 5.77. The van der Waals surface area contributed by atoms with Crippen molar-refractivity contribution in [2.75, 3.05) is 6.61 Å². The summed E-state index contributed by atoms with van der Waals surface area (Å²) in [7, 11) is 0. The number of benzene rings is 1. The van der Waals surface area contributed by atoms with Crippen LogP contribution in [0.2, 0.25) is 0 Å². The van der Waals surface area contributed by atoms with Gasteiger partial charge in [-0.25, -0.2) is 4.39 Å². The number of halogens is 1. The lowest BCUT2D eigenvalue weighted by Crippen LogP contribution is -2.10. The maximum Gasteiger partial charge on any atom is 0.165 e. The van der Waals surface area contributed by atoms with Crippen molar-refractivity contribution in [1.82, 2.24) is 0 Å². The second-order valence-corrected chi connectivity index (χ2v) is 3.19. The molecule has 0 aliphatic carbocycles. The summed E-state index contributed by atoms with van der Waals surface area (Å²) in [5.41, 5.74) is 1.98. The van der Waals surface area contributed by atoms with Gasteiger partial charge >= 0.3 is 0 Å². The molecule has 12 heavy (non-hydrogen) atoms. The van der Waals surface area contributed by atoms with E-state index < -0.39 is 0 Å². The molecule has 0 bridgehead atoms. The second-order valence-electron chi connectivity index (χ2n) is 3.19. The van der Waals surface area contributed by atoms with Gasteiger partial charge in [0.1, 0.15) is 0 Å². The van der Waals surface area contributed by atoms with Gasteiger partial charge in [-0.05, 0) is 37.0 Å². The lowest BCUT2D eigenvalue weighted by molar-refractivity contribution is 0.273. The minimum absolute atomic E-state index is 0.218. The van der Waals surface area contributed by atoms with Crippen LogP contribution in [-0.2, 0) is 6.42 Å². The Morgan fingerprint density at radius 2 is 2.25 bits per heavy atom. The SMILES string of the molecule is Cc1cc(F)c2c(c1)CCCO2. The summed E-state index contributed by atoms with van der Waals surface area (Å²) in [6.45, 7) is 2.55. The van der Waals surface area contributed by atoms with Crippen molar-refractivity contribution < 1.29 is 9.13 Å². The number of hydrogen-bond acceptors (Lipinski definition) is 1. The van der Waals surface area contributed by atoms with Crippen LogP contribution in [0.25, 0.3) is 0 Å². The van der Waals surface area contributed by atoms with Gasteiger partial charge in [0, 0.05) is 0 Å². The highest BCUT2D eigenvalue weighted by atomic mass is 19.1. The van der Waals surface area contributed by atoms with E-state index in [0.717, 1.165) is 24.0 Å². The molecule has 1 aromatic carbocycles. The van der Waals surface area contributed by atoms with E-state index in [2.05, 4.69) is 0 Å². The molecule has 0 amide bonds. The molecule has 1 aliphatic rings. The number of hydrogen-bond donors (Lipinski definition) is 0. The summed E-state index contributed by atoms with van der Waals surface area (Å²) < 4.78 is 18.4. The molecule has 1 nitrogen and oxygen atoms in total. The van der Waals surface area contributed by atoms with Gasteiger partial charge in [0.05, 0.1) is 6.61 Å². The van der Waals surface area contributed by atoms with Gasteiger partial charge in [-0.3, -0.25) is 0 Å². The van der Waals surface area contributed by atoms with Crippen molar-refractivity contribution in [3.8, 4) is 5.75 Å². The molecule has 0 fully saturated rings. The fourth-order valence-corrected chi connectivity index (χ4v) is 1.59. The fraction of sp³-hybridized carbons (Fsp3) is 0.400. The Kier molecular flexibility index (Phi) is 1.75. The van der Waals surface area contributed by atoms with Crippen LogP contribution in [0.4, 0.5) is 4.39 Å². The first-order valence-electron chi connectivity index (χ1n) is 4.19. The molecule has 2 heteroatoms. The number of aryl methyl sites for hydroxylation is 2. The molecule has 0 spiro atoms. The topological polar surface area (TPSA) is 9.23 Å². The minimum atomic E-state index is -0.218. The molecule has 2 rings (SSSR count). The molecule has 0 aromatic heterocycles. The summed E-state index contributed by atoms with van der Waals surface area (Å²) in [6.07, 6.45) is 1.93. The molecule has 1 heterocycles. The van der Waals surface area contributed by atoms with Crippen LogP contribution >= 0.6 is 0 Å². The van der Waals surface area contributed by atoms with E-state index in [4.69, 9.17) is 4.74 Å². The van der Waals surface area contributed by atoms with E-state index in [0.29, 0.717) is 12.4 Å². The maximum atomic E-state index is 13.2. The van der Waals surface area contributed by atoms with E-state index in [1.54, 1.807) is 0 Å². The zero-order valence-electron chi connectivity index (χ0n) is 7.06. The molecule has 0 unspecified atom stereocenters. The lowest BCUT2D eigenvalue weighted by Gasteiger charge is -2.17. The molecule has 0 saturated heterocycles. The Morgan fingerprint density at radius 3 is 3.08 bits per heavy atom. The number of fused-ring (bicyclic) bond motifs is 1. The molecule has 0 atom stereocenters. The van der Waals surface area contributed by atoms with Crippen molar-refractivity contribution in [2.45, 2.75) is 19.8 Å². The largest absolute Gasteiger partial charge is 0.490 e. The van der Waals surface area contributed by atoms with Crippen LogP contribution in [0.3, 0.4) is 0 Å². The first kappa shape index (κ1) is 7.59. The van der Waals surface area contributed by atoms with E-state index in [9.17, 15) is 4.39 Å². The Hall–Kier alpha value is -1.05. The van der Waals surface area contributed by atoms with Crippen LogP contribution in [0.1, 0.15) is 17.5 Å². The molecular weight excluding hydrogens is 155 g/mol. The summed E-state index contributed by atoms with van der Waals surface area (Å²) in [4.78, 5) is 0. The first-order valence-corrected chi connectivity index (χ1v) is 4.19. The molecule has 1 aromatic rings. The third-order valence-electron chi connectivity index (χ3n) is 2.10. The van der Waals surface area contributed by atoms with Gasteiger partial charge in [-0.2, -0.15) is 0 Å². The molecule has 0 saturated carbocycles. The molecular formula is C10H11FO. The zero-order chi connectivity index (χ0) is 8.55. The summed E-state index contributed by atoms with van der Waals surface area (Å²) in [5, 5.41) is 0. The second kappa shape index (κ2) is 2.77. The van der Waals surface area contributed by atoms with Crippen molar-refractivity contribution in [3.63, 3.8) is 0 Å². The average molecular weight is 166 g/mol.